The van der Waals surface area contributed by atoms with Gasteiger partial charge in [-0.1, -0.05) is 0 Å². The van der Waals surface area contributed by atoms with Crippen LogP contribution in [0.2, 0.25) is 0 Å². The third-order valence-electron chi connectivity index (χ3n) is 2.25. The van der Waals surface area contributed by atoms with Crippen molar-refractivity contribution in [2.24, 2.45) is 0 Å². The largest absolute Gasteiger partial charge is 0.373 e. The molecule has 2 rings (SSSR count). The highest BCUT2D eigenvalue weighted by molar-refractivity contribution is 7.15. The number of hydrogen-bond acceptors (Lipinski definition) is 6. The zero-order chi connectivity index (χ0) is 13.1. The van der Waals surface area contributed by atoms with Crippen molar-refractivity contribution in [1.82, 2.24) is 4.98 Å². The zero-order valence-corrected chi connectivity index (χ0v) is 10.2. The molecule has 0 saturated heterocycles. The van der Waals surface area contributed by atoms with Gasteiger partial charge in [0.2, 0.25) is 0 Å². The molecule has 0 spiro atoms. The van der Waals surface area contributed by atoms with Crippen molar-refractivity contribution in [3.8, 4) is 16.6 Å². The Morgan fingerprint density at radius 3 is 2.83 bits per heavy atom. The van der Waals surface area contributed by atoms with Crippen molar-refractivity contribution in [2.75, 3.05) is 12.4 Å². The van der Waals surface area contributed by atoms with Gasteiger partial charge in [-0.2, -0.15) is 5.26 Å². The summed E-state index contributed by atoms with van der Waals surface area (Å²) >= 11 is 1.25. The normalized spacial score (nSPS) is 9.78. The standard InChI is InChI=1S/C11H8N4O2S/c1-13-11-5-7(15(16)17)4-9(14-11)10-3-2-8(6-12)18-10/h2-5H,1H3,(H,13,14). The fourth-order valence-electron chi connectivity index (χ4n) is 1.41. The van der Waals surface area contributed by atoms with Crippen LogP contribution in [-0.2, 0) is 0 Å². The van der Waals surface area contributed by atoms with E-state index in [9.17, 15) is 10.1 Å². The highest BCUT2D eigenvalue weighted by atomic mass is 32.1. The molecular formula is C11H8N4O2S. The van der Waals surface area contributed by atoms with Crippen LogP contribution in [0.1, 0.15) is 4.88 Å². The summed E-state index contributed by atoms with van der Waals surface area (Å²) in [5, 5.41) is 22.4. The highest BCUT2D eigenvalue weighted by Crippen LogP contribution is 2.30. The van der Waals surface area contributed by atoms with Gasteiger partial charge in [0, 0.05) is 13.1 Å². The minimum absolute atomic E-state index is 0.0312. The lowest BCUT2D eigenvalue weighted by Crippen LogP contribution is -1.96. The van der Waals surface area contributed by atoms with Crippen LogP contribution < -0.4 is 5.32 Å². The summed E-state index contributed by atoms with van der Waals surface area (Å²) < 4.78 is 0. The number of thiophene rings is 1. The van der Waals surface area contributed by atoms with E-state index in [1.807, 2.05) is 6.07 Å². The van der Waals surface area contributed by atoms with Crippen molar-refractivity contribution in [3.63, 3.8) is 0 Å². The number of nitrogens with one attached hydrogen (secondary N) is 1. The van der Waals surface area contributed by atoms with Crippen molar-refractivity contribution < 1.29 is 4.92 Å². The molecule has 0 aliphatic rings. The average molecular weight is 260 g/mol. The van der Waals surface area contributed by atoms with Gasteiger partial charge >= 0.3 is 0 Å². The van der Waals surface area contributed by atoms with Gasteiger partial charge in [0.1, 0.15) is 16.8 Å². The Morgan fingerprint density at radius 1 is 1.50 bits per heavy atom. The molecule has 90 valence electrons. The maximum absolute atomic E-state index is 10.8. The van der Waals surface area contributed by atoms with Gasteiger partial charge in [0.25, 0.3) is 5.69 Å². The lowest BCUT2D eigenvalue weighted by atomic mass is 10.2. The molecule has 0 fully saturated rings. The Hall–Kier alpha value is -2.46. The van der Waals surface area contributed by atoms with Gasteiger partial charge < -0.3 is 5.32 Å². The summed E-state index contributed by atoms with van der Waals surface area (Å²) in [5.74, 6) is 0.422. The van der Waals surface area contributed by atoms with E-state index in [1.54, 1.807) is 19.2 Å². The molecule has 2 aromatic rings. The molecule has 0 bridgehead atoms. The Balaban J connectivity index is 2.53. The second-order valence-electron chi connectivity index (χ2n) is 3.38. The second-order valence-corrected chi connectivity index (χ2v) is 4.46. The lowest BCUT2D eigenvalue weighted by Gasteiger charge is -2.02. The third kappa shape index (κ3) is 2.28. The number of aromatic nitrogens is 1. The number of pyridine rings is 1. The molecule has 0 aliphatic carbocycles. The summed E-state index contributed by atoms with van der Waals surface area (Å²) in [4.78, 5) is 15.9. The van der Waals surface area contributed by atoms with Gasteiger partial charge in [0.05, 0.1) is 21.6 Å². The van der Waals surface area contributed by atoms with Crippen molar-refractivity contribution in [3.05, 3.63) is 39.3 Å². The SMILES string of the molecule is CNc1cc([N+](=O)[O-])cc(-c2ccc(C#N)s2)n1. The summed E-state index contributed by atoms with van der Waals surface area (Å²) in [6.07, 6.45) is 0. The molecule has 2 aromatic heterocycles. The van der Waals surface area contributed by atoms with Crippen LogP contribution in [0, 0.1) is 21.4 Å². The Labute approximate surface area is 107 Å². The zero-order valence-electron chi connectivity index (χ0n) is 9.38. The first kappa shape index (κ1) is 12.0. The molecule has 0 aromatic carbocycles. The minimum Gasteiger partial charge on any atom is -0.373 e. The predicted octanol–water partition coefficient (Wildman–Crippen LogP) is 2.63. The predicted molar refractivity (Wildman–Crippen MR) is 68.5 cm³/mol. The molecule has 0 saturated carbocycles. The number of anilines is 1. The first-order valence-electron chi connectivity index (χ1n) is 4.98. The average Bonchev–Trinajstić information content (AvgIpc) is 2.86. The number of rotatable bonds is 3. The molecule has 0 radical (unpaired) electrons. The van der Waals surface area contributed by atoms with Crippen LogP contribution >= 0.6 is 11.3 Å². The maximum Gasteiger partial charge on any atom is 0.275 e. The summed E-state index contributed by atoms with van der Waals surface area (Å²) in [6, 6.07) is 8.18. The van der Waals surface area contributed by atoms with Gasteiger partial charge in [-0.15, -0.1) is 11.3 Å². The van der Waals surface area contributed by atoms with Crippen LogP contribution in [0.4, 0.5) is 11.5 Å². The fourth-order valence-corrected chi connectivity index (χ4v) is 2.18. The molecule has 7 heteroatoms. The minimum atomic E-state index is -0.467. The van der Waals surface area contributed by atoms with Crippen molar-refractivity contribution in [2.45, 2.75) is 0 Å². The smallest absolute Gasteiger partial charge is 0.275 e. The van der Waals surface area contributed by atoms with Crippen LogP contribution in [-0.4, -0.2) is 17.0 Å². The first-order valence-corrected chi connectivity index (χ1v) is 5.80. The van der Waals surface area contributed by atoms with Crippen LogP contribution in [0.5, 0.6) is 0 Å². The molecular weight excluding hydrogens is 252 g/mol. The number of nitro groups is 1. The molecule has 0 amide bonds. The van der Waals surface area contributed by atoms with Crippen LogP contribution in [0.25, 0.3) is 10.6 Å². The molecule has 0 unspecified atom stereocenters. The summed E-state index contributed by atoms with van der Waals surface area (Å²) in [5.41, 5.74) is 0.455. The fraction of sp³-hybridized carbons (Fsp3) is 0.0909. The van der Waals surface area contributed by atoms with Crippen LogP contribution in [0.3, 0.4) is 0 Å². The van der Waals surface area contributed by atoms with Gasteiger partial charge in [0.15, 0.2) is 0 Å². The molecule has 2 heterocycles. The molecule has 18 heavy (non-hydrogen) atoms. The first-order chi connectivity index (χ1) is 8.63. The van der Waals surface area contributed by atoms with Gasteiger partial charge in [-0.3, -0.25) is 10.1 Å². The second kappa shape index (κ2) is 4.81. The van der Waals surface area contributed by atoms with E-state index in [4.69, 9.17) is 5.26 Å². The number of nitrogens with zero attached hydrogens (tertiary/aromatic N) is 3. The molecule has 6 nitrogen and oxygen atoms in total. The number of nitriles is 1. The summed E-state index contributed by atoms with van der Waals surface area (Å²) in [7, 11) is 1.64. The number of hydrogen-bond donors (Lipinski definition) is 1. The van der Waals surface area contributed by atoms with E-state index in [2.05, 4.69) is 10.3 Å². The highest BCUT2D eigenvalue weighted by Gasteiger charge is 2.13. The van der Waals surface area contributed by atoms with Crippen LogP contribution in [0.15, 0.2) is 24.3 Å². The monoisotopic (exact) mass is 260 g/mol. The molecule has 0 atom stereocenters. The molecule has 0 aliphatic heterocycles. The summed E-state index contributed by atoms with van der Waals surface area (Å²) in [6.45, 7) is 0. The lowest BCUT2D eigenvalue weighted by molar-refractivity contribution is -0.384. The quantitative estimate of drug-likeness (QED) is 0.676. The van der Waals surface area contributed by atoms with Crippen molar-refractivity contribution in [1.29, 1.82) is 5.26 Å². The Bertz CT molecular complexity index is 645. The topological polar surface area (TPSA) is 91.9 Å². The van der Waals surface area contributed by atoms with Gasteiger partial charge in [-0.05, 0) is 12.1 Å². The van der Waals surface area contributed by atoms with E-state index in [-0.39, 0.29) is 5.69 Å². The van der Waals surface area contributed by atoms with E-state index in [1.165, 1.54) is 23.5 Å². The Morgan fingerprint density at radius 2 is 2.28 bits per heavy atom. The Kier molecular flexibility index (Phi) is 3.21. The van der Waals surface area contributed by atoms with E-state index in [0.29, 0.717) is 16.4 Å². The van der Waals surface area contributed by atoms with Gasteiger partial charge in [-0.25, -0.2) is 4.98 Å². The van der Waals surface area contributed by atoms with E-state index >= 15 is 0 Å². The van der Waals surface area contributed by atoms with Crippen molar-refractivity contribution >= 4 is 22.8 Å². The third-order valence-corrected chi connectivity index (χ3v) is 3.26. The van der Waals surface area contributed by atoms with E-state index < -0.39 is 4.92 Å². The van der Waals surface area contributed by atoms with E-state index in [0.717, 1.165) is 4.88 Å². The molecule has 1 N–H and O–H groups in total. The maximum atomic E-state index is 10.8.